The highest BCUT2D eigenvalue weighted by atomic mass is 16.3. The molecule has 1 aliphatic heterocycles. The minimum Gasteiger partial charge on any atom is -0.456 e. The molecule has 0 atom stereocenters. The highest BCUT2D eigenvalue weighted by molar-refractivity contribution is 6.12. The number of anilines is 2. The van der Waals surface area contributed by atoms with Crippen molar-refractivity contribution >= 4 is 88.1 Å². The molecule has 0 radical (unpaired) electrons. The van der Waals surface area contributed by atoms with E-state index < -0.39 is 0 Å². The lowest BCUT2D eigenvalue weighted by atomic mass is 9.92. The lowest BCUT2D eigenvalue weighted by Gasteiger charge is -2.27. The van der Waals surface area contributed by atoms with E-state index in [4.69, 9.17) is 11.0 Å². The topological polar surface area (TPSA) is 26.2 Å². The van der Waals surface area contributed by atoms with Gasteiger partial charge in [-0.15, -0.1) is 0 Å². The quantitative estimate of drug-likeness (QED) is 0.173. The Hall–Kier alpha value is -8.60. The van der Waals surface area contributed by atoms with Crippen LogP contribution in [0.3, 0.4) is 0 Å². The summed E-state index contributed by atoms with van der Waals surface area (Å²) in [5.74, 6) is 0. The predicted octanol–water partition coefficient (Wildman–Crippen LogP) is 16.2. The van der Waals surface area contributed by atoms with Crippen LogP contribution in [0.15, 0.2) is 236 Å². The highest BCUT2D eigenvalue weighted by Crippen LogP contribution is 2.43. The first kappa shape index (κ1) is 36.1. The molecule has 0 saturated carbocycles. The normalized spacial score (nSPS) is 14.3. The first-order valence-corrected chi connectivity index (χ1v) is 21.8. The summed E-state index contributed by atoms with van der Waals surface area (Å²) < 4.78 is 11.0. The van der Waals surface area contributed by atoms with Crippen LogP contribution < -0.4 is 4.90 Å². The van der Waals surface area contributed by atoms with E-state index >= 15 is 0 Å². The van der Waals surface area contributed by atoms with Gasteiger partial charge in [-0.1, -0.05) is 116 Å². The summed E-state index contributed by atoms with van der Waals surface area (Å²) in [7, 11) is 0. The zero-order valence-corrected chi connectivity index (χ0v) is 34.8. The fourth-order valence-electron chi connectivity index (χ4n) is 10.0. The summed E-state index contributed by atoms with van der Waals surface area (Å²) in [5, 5.41) is 7.06. The molecule has 1 aliphatic rings. The van der Waals surface area contributed by atoms with Crippen molar-refractivity contribution in [2.24, 2.45) is 0 Å². The Bertz CT molecular complexity index is 3920. The van der Waals surface area contributed by atoms with Crippen LogP contribution in [0.4, 0.5) is 11.4 Å². The smallest absolute Gasteiger partial charge is 0.135 e. The number of aromatic nitrogens is 2. The largest absolute Gasteiger partial charge is 0.456 e. The molecule has 4 nitrogen and oxygen atoms in total. The van der Waals surface area contributed by atoms with Gasteiger partial charge >= 0.3 is 0 Å². The Labute approximate surface area is 369 Å². The molecular weight excluding hydrogens is 779 g/mol. The number of fused-ring (bicyclic) bond motifs is 10. The fourth-order valence-corrected chi connectivity index (χ4v) is 10.0. The molecule has 64 heavy (non-hydrogen) atoms. The molecule has 0 fully saturated rings. The second-order valence-electron chi connectivity index (χ2n) is 16.7. The molecule has 13 rings (SSSR count). The average Bonchev–Trinajstić information content (AvgIpc) is 4.01. The second-order valence-corrected chi connectivity index (χ2v) is 16.7. The molecule has 0 unspecified atom stereocenters. The number of nitrogens with zero attached hydrogens (tertiary/aromatic N) is 3. The Morgan fingerprint density at radius 1 is 0.375 bits per heavy atom. The minimum atomic E-state index is 0.869. The van der Waals surface area contributed by atoms with Gasteiger partial charge in [-0.3, -0.25) is 0 Å². The Morgan fingerprint density at radius 2 is 0.906 bits per heavy atom. The van der Waals surface area contributed by atoms with Gasteiger partial charge < -0.3 is 18.5 Å². The van der Waals surface area contributed by atoms with Crippen molar-refractivity contribution in [2.45, 2.75) is 0 Å². The van der Waals surface area contributed by atoms with Crippen molar-refractivity contribution in [1.29, 1.82) is 0 Å². The van der Waals surface area contributed by atoms with Gasteiger partial charge in [-0.05, 0) is 137 Å². The zero-order chi connectivity index (χ0) is 42.3. The molecule has 0 amide bonds. The minimum absolute atomic E-state index is 0.869. The molecule has 3 aromatic heterocycles. The number of para-hydroxylation sites is 5. The zero-order valence-electron chi connectivity index (χ0n) is 34.8. The molecule has 300 valence electrons. The van der Waals surface area contributed by atoms with Crippen LogP contribution in [-0.2, 0) is 0 Å². The van der Waals surface area contributed by atoms with Gasteiger partial charge in [0.1, 0.15) is 11.2 Å². The van der Waals surface area contributed by atoms with Gasteiger partial charge in [0, 0.05) is 61.1 Å². The third-order valence-electron chi connectivity index (χ3n) is 13.0. The lowest BCUT2D eigenvalue weighted by Crippen LogP contribution is -2.12. The third kappa shape index (κ3) is 5.63. The van der Waals surface area contributed by atoms with Crippen molar-refractivity contribution in [2.75, 3.05) is 4.90 Å². The van der Waals surface area contributed by atoms with Crippen LogP contribution >= 0.6 is 0 Å². The van der Waals surface area contributed by atoms with Gasteiger partial charge in [0.15, 0.2) is 0 Å². The maximum atomic E-state index is 6.28. The van der Waals surface area contributed by atoms with E-state index in [0.717, 1.165) is 78.1 Å². The van der Waals surface area contributed by atoms with Crippen LogP contribution in [0.2, 0.25) is 0 Å². The number of benzene rings is 9. The summed E-state index contributed by atoms with van der Waals surface area (Å²) >= 11 is 0. The molecule has 4 heterocycles. The molecule has 12 aromatic rings. The van der Waals surface area contributed by atoms with Crippen molar-refractivity contribution in [3.63, 3.8) is 0 Å². The summed E-state index contributed by atoms with van der Waals surface area (Å²) in [5.41, 5.74) is 17.3. The van der Waals surface area contributed by atoms with E-state index in [2.05, 4.69) is 227 Å². The van der Waals surface area contributed by atoms with Gasteiger partial charge in [0.25, 0.3) is 0 Å². The molecule has 0 saturated heterocycles. The third-order valence-corrected chi connectivity index (χ3v) is 13.0. The van der Waals surface area contributed by atoms with Crippen molar-refractivity contribution in [3.05, 3.63) is 242 Å². The molecule has 0 aliphatic carbocycles. The Kier molecular flexibility index (Phi) is 8.03. The van der Waals surface area contributed by atoms with Crippen LogP contribution in [0.5, 0.6) is 0 Å². The van der Waals surface area contributed by atoms with Gasteiger partial charge in [0.2, 0.25) is 0 Å². The maximum Gasteiger partial charge on any atom is 0.135 e. The summed E-state index contributed by atoms with van der Waals surface area (Å²) in [6.07, 6.45) is 6.69. The molecule has 0 N–H and O–H groups in total. The first-order valence-electron chi connectivity index (χ1n) is 21.8. The number of hydrogen-bond donors (Lipinski definition) is 0. The maximum absolute atomic E-state index is 6.28. The van der Waals surface area contributed by atoms with Crippen LogP contribution in [0.1, 0.15) is 11.1 Å². The van der Waals surface area contributed by atoms with E-state index in [1.54, 1.807) is 0 Å². The molecule has 4 heteroatoms. The summed E-state index contributed by atoms with van der Waals surface area (Å²) in [6.45, 7) is 4.80. The number of furan rings is 1. The van der Waals surface area contributed by atoms with E-state index in [0.29, 0.717) is 0 Å². The SMILES string of the molecule is C=C1/C=C(c2ccc3c(c2)c2ccccc2n3-c2ccccc2)\C=C/N(c2ccc3oc4ccccc4c3c2)c2ccc(-c3ccc4c(c3)c3ccccc3n4-c3ccccc3)cc21. The molecule has 0 bridgehead atoms. The van der Waals surface area contributed by atoms with E-state index in [1.165, 1.54) is 43.6 Å². The van der Waals surface area contributed by atoms with Crippen LogP contribution in [0, 0.1) is 0 Å². The first-order chi connectivity index (χ1) is 31.6. The van der Waals surface area contributed by atoms with E-state index in [1.807, 2.05) is 12.1 Å². The lowest BCUT2D eigenvalue weighted by molar-refractivity contribution is 0.669. The van der Waals surface area contributed by atoms with Gasteiger partial charge in [-0.2, -0.15) is 0 Å². The van der Waals surface area contributed by atoms with Crippen molar-refractivity contribution in [1.82, 2.24) is 9.13 Å². The number of hydrogen-bond acceptors (Lipinski definition) is 2. The van der Waals surface area contributed by atoms with Gasteiger partial charge in [-0.25, -0.2) is 0 Å². The molecular formula is C60H39N3O. The second kappa shape index (κ2) is 14.2. The fraction of sp³-hybridized carbons (Fsp3) is 0. The standard InChI is InChI=1S/C60H39N3O/c1-39-34-43(42-26-30-58-52(37-42)48-19-9-12-22-56(48)63(58)45-16-6-3-7-17-45)32-33-61(46-27-31-60-53(38-46)49-20-10-13-23-59(49)64-60)54-28-24-40(35-50(39)54)41-25-29-57-51(36-41)47-18-8-11-21-55(47)62(57)44-14-4-2-5-15-44/h2-38H,1H2/b33-32-,43-34+. The Balaban J connectivity index is 0.986. The van der Waals surface area contributed by atoms with Crippen molar-refractivity contribution < 1.29 is 4.42 Å². The highest BCUT2D eigenvalue weighted by Gasteiger charge is 2.21. The van der Waals surface area contributed by atoms with Gasteiger partial charge in [0.05, 0.1) is 27.8 Å². The number of allylic oxidation sites excluding steroid dienone is 4. The molecule has 9 aromatic carbocycles. The predicted molar refractivity (Wildman–Crippen MR) is 269 cm³/mol. The van der Waals surface area contributed by atoms with Crippen molar-refractivity contribution in [3.8, 4) is 22.5 Å². The summed E-state index contributed by atoms with van der Waals surface area (Å²) in [6, 6.07) is 74.0. The average molecular weight is 818 g/mol. The van der Waals surface area contributed by atoms with Crippen LogP contribution in [-0.4, -0.2) is 9.13 Å². The molecule has 0 spiro atoms. The van der Waals surface area contributed by atoms with Crippen LogP contribution in [0.25, 0.3) is 99.2 Å². The number of rotatable bonds is 5. The monoisotopic (exact) mass is 817 g/mol. The Morgan fingerprint density at radius 3 is 1.59 bits per heavy atom. The van der Waals surface area contributed by atoms with E-state index in [-0.39, 0.29) is 0 Å². The van der Waals surface area contributed by atoms with E-state index in [9.17, 15) is 0 Å². The summed E-state index contributed by atoms with van der Waals surface area (Å²) in [4.78, 5) is 2.30.